The van der Waals surface area contributed by atoms with Crippen LogP contribution in [0, 0.1) is 5.92 Å². The van der Waals surface area contributed by atoms with Crippen molar-refractivity contribution in [3.05, 3.63) is 21.7 Å². The van der Waals surface area contributed by atoms with E-state index in [0.29, 0.717) is 11.7 Å². The molecule has 1 fully saturated rings. The molecule has 0 bridgehead atoms. The normalized spacial score (nSPS) is 23.2. The van der Waals surface area contributed by atoms with Gasteiger partial charge in [-0.1, -0.05) is 19.8 Å². The minimum Gasteiger partial charge on any atom is -0.481 e. The van der Waals surface area contributed by atoms with Gasteiger partial charge in [-0.25, -0.2) is 4.98 Å². The van der Waals surface area contributed by atoms with Gasteiger partial charge in [-0.2, -0.15) is 0 Å². The number of nitrogen functional groups attached to an aromatic ring is 1. The summed E-state index contributed by atoms with van der Waals surface area (Å²) >= 11 is 0. The molecule has 0 aromatic carbocycles. The molecule has 2 rings (SSSR count). The molecule has 0 aliphatic heterocycles. The summed E-state index contributed by atoms with van der Waals surface area (Å²) in [5.41, 5.74) is 5.32. The molecule has 0 atom stereocenters. The summed E-state index contributed by atoms with van der Waals surface area (Å²) in [4.78, 5) is 29.4. The molecule has 1 aliphatic carbocycles. The van der Waals surface area contributed by atoms with Crippen LogP contribution >= 0.6 is 0 Å². The molecule has 0 unspecified atom stereocenters. The molecule has 0 saturated heterocycles. The van der Waals surface area contributed by atoms with E-state index in [-0.39, 0.29) is 17.3 Å². The fraction of sp³-hybridized carbons (Fsp3) is 0.615. The molecular formula is C13H19N3O3. The fourth-order valence-corrected chi connectivity index (χ4v) is 2.58. The van der Waals surface area contributed by atoms with Crippen molar-refractivity contribution in [1.82, 2.24) is 9.97 Å². The molecule has 0 amide bonds. The molecule has 1 aromatic heterocycles. The first-order chi connectivity index (χ1) is 8.97. The first-order valence-electron chi connectivity index (χ1n) is 6.57. The Morgan fingerprint density at radius 1 is 1.42 bits per heavy atom. The zero-order valence-electron chi connectivity index (χ0n) is 11.0. The maximum atomic E-state index is 11.9. The largest absolute Gasteiger partial charge is 0.481 e. The number of carboxylic acids is 1. The van der Waals surface area contributed by atoms with Crippen LogP contribution in [0.3, 0.4) is 0 Å². The minimum absolute atomic E-state index is 0.0415. The SMILES string of the molecule is CC1CCC(c2nc(N)c(CC(=O)O)c(=O)[nH]2)CC1. The predicted octanol–water partition coefficient (Wildman–Crippen LogP) is 1.27. The lowest BCUT2D eigenvalue weighted by molar-refractivity contribution is -0.136. The van der Waals surface area contributed by atoms with Crippen molar-refractivity contribution in [3.63, 3.8) is 0 Å². The molecule has 1 heterocycles. The molecule has 1 saturated carbocycles. The Morgan fingerprint density at radius 2 is 2.05 bits per heavy atom. The van der Waals surface area contributed by atoms with E-state index in [1.807, 2.05) is 0 Å². The van der Waals surface area contributed by atoms with Gasteiger partial charge in [0, 0.05) is 5.92 Å². The number of aromatic nitrogens is 2. The molecule has 19 heavy (non-hydrogen) atoms. The first-order valence-corrected chi connectivity index (χ1v) is 6.57. The summed E-state index contributed by atoms with van der Waals surface area (Å²) < 4.78 is 0. The molecule has 4 N–H and O–H groups in total. The summed E-state index contributed by atoms with van der Waals surface area (Å²) in [5, 5.41) is 8.73. The quantitative estimate of drug-likeness (QED) is 0.762. The number of hydrogen-bond acceptors (Lipinski definition) is 4. The van der Waals surface area contributed by atoms with Crippen molar-refractivity contribution in [2.45, 2.75) is 44.9 Å². The molecule has 6 nitrogen and oxygen atoms in total. The van der Waals surface area contributed by atoms with Crippen molar-refractivity contribution >= 4 is 11.8 Å². The number of carbonyl (C=O) groups is 1. The van der Waals surface area contributed by atoms with Crippen LogP contribution in [0.4, 0.5) is 5.82 Å². The smallest absolute Gasteiger partial charge is 0.308 e. The summed E-state index contributed by atoms with van der Waals surface area (Å²) in [6.07, 6.45) is 3.82. The molecule has 6 heteroatoms. The van der Waals surface area contributed by atoms with Gasteiger partial charge in [-0.15, -0.1) is 0 Å². The highest BCUT2D eigenvalue weighted by Crippen LogP contribution is 2.33. The van der Waals surface area contributed by atoms with Crippen molar-refractivity contribution in [3.8, 4) is 0 Å². The Kier molecular flexibility index (Phi) is 3.87. The topological polar surface area (TPSA) is 109 Å². The van der Waals surface area contributed by atoms with Gasteiger partial charge in [0.1, 0.15) is 11.6 Å². The van der Waals surface area contributed by atoms with Gasteiger partial charge in [0.15, 0.2) is 0 Å². The van der Waals surface area contributed by atoms with Gasteiger partial charge in [-0.05, 0) is 18.8 Å². The van der Waals surface area contributed by atoms with Crippen LogP contribution in [0.25, 0.3) is 0 Å². The molecule has 1 aliphatic rings. The van der Waals surface area contributed by atoms with E-state index >= 15 is 0 Å². The second-order valence-corrected chi connectivity index (χ2v) is 5.34. The second kappa shape index (κ2) is 5.42. The van der Waals surface area contributed by atoms with E-state index in [0.717, 1.165) is 25.7 Å². The summed E-state index contributed by atoms with van der Waals surface area (Å²) in [5.74, 6) is 0.498. The third-order valence-corrected chi connectivity index (χ3v) is 3.80. The number of anilines is 1. The average Bonchev–Trinajstić information content (AvgIpc) is 2.34. The monoisotopic (exact) mass is 265 g/mol. The number of aromatic amines is 1. The van der Waals surface area contributed by atoms with Gasteiger partial charge in [-0.3, -0.25) is 9.59 Å². The van der Waals surface area contributed by atoms with Crippen LogP contribution in [-0.4, -0.2) is 21.0 Å². The number of nitrogens with zero attached hydrogens (tertiary/aromatic N) is 1. The Morgan fingerprint density at radius 3 is 2.58 bits per heavy atom. The van der Waals surface area contributed by atoms with Crippen LogP contribution < -0.4 is 11.3 Å². The number of nitrogens with one attached hydrogen (secondary N) is 1. The number of nitrogens with two attached hydrogens (primary N) is 1. The van der Waals surface area contributed by atoms with Crippen molar-refractivity contribution in [2.24, 2.45) is 5.92 Å². The van der Waals surface area contributed by atoms with Gasteiger partial charge >= 0.3 is 5.97 Å². The number of rotatable bonds is 3. The highest BCUT2D eigenvalue weighted by atomic mass is 16.4. The number of hydrogen-bond donors (Lipinski definition) is 3. The maximum absolute atomic E-state index is 11.9. The summed E-state index contributed by atoms with van der Waals surface area (Å²) in [6, 6.07) is 0. The highest BCUT2D eigenvalue weighted by Gasteiger charge is 2.23. The zero-order valence-corrected chi connectivity index (χ0v) is 11.0. The van der Waals surface area contributed by atoms with E-state index in [1.165, 1.54) is 0 Å². The third-order valence-electron chi connectivity index (χ3n) is 3.80. The van der Waals surface area contributed by atoms with Gasteiger partial charge in [0.2, 0.25) is 0 Å². The lowest BCUT2D eigenvalue weighted by Gasteiger charge is -2.25. The predicted molar refractivity (Wildman–Crippen MR) is 71.0 cm³/mol. The van der Waals surface area contributed by atoms with Gasteiger partial charge in [0.25, 0.3) is 5.56 Å². The van der Waals surface area contributed by atoms with Gasteiger partial charge < -0.3 is 15.8 Å². The lowest BCUT2D eigenvalue weighted by Crippen LogP contribution is -2.24. The van der Waals surface area contributed by atoms with Crippen LogP contribution in [0.15, 0.2) is 4.79 Å². The van der Waals surface area contributed by atoms with Crippen LogP contribution in [0.2, 0.25) is 0 Å². The van der Waals surface area contributed by atoms with Crippen molar-refractivity contribution in [2.75, 3.05) is 5.73 Å². The van der Waals surface area contributed by atoms with Crippen LogP contribution in [0.1, 0.15) is 49.9 Å². The molecule has 0 radical (unpaired) electrons. The van der Waals surface area contributed by atoms with E-state index in [9.17, 15) is 9.59 Å². The number of carboxylic acid groups (broad SMARTS) is 1. The molecule has 0 spiro atoms. The molecule has 1 aromatic rings. The van der Waals surface area contributed by atoms with Crippen LogP contribution in [0.5, 0.6) is 0 Å². The standard InChI is InChI=1S/C13H19N3O3/c1-7-2-4-8(5-3-7)12-15-11(14)9(6-10(17)18)13(19)16-12/h7-8H,2-6H2,1H3,(H,17,18)(H3,14,15,16,19). The van der Waals surface area contributed by atoms with E-state index < -0.39 is 17.9 Å². The maximum Gasteiger partial charge on any atom is 0.308 e. The Labute approximate surface area is 111 Å². The molecule has 104 valence electrons. The second-order valence-electron chi connectivity index (χ2n) is 5.34. The van der Waals surface area contributed by atoms with Crippen molar-refractivity contribution in [1.29, 1.82) is 0 Å². The molecular weight excluding hydrogens is 246 g/mol. The zero-order chi connectivity index (χ0) is 14.0. The van der Waals surface area contributed by atoms with E-state index in [1.54, 1.807) is 0 Å². The summed E-state index contributed by atoms with van der Waals surface area (Å²) in [6.45, 7) is 2.22. The third kappa shape index (κ3) is 3.13. The number of H-pyrrole nitrogens is 1. The van der Waals surface area contributed by atoms with Gasteiger partial charge in [0.05, 0.1) is 12.0 Å². The van der Waals surface area contributed by atoms with E-state index in [4.69, 9.17) is 10.8 Å². The van der Waals surface area contributed by atoms with E-state index in [2.05, 4.69) is 16.9 Å². The fourth-order valence-electron chi connectivity index (χ4n) is 2.58. The highest BCUT2D eigenvalue weighted by molar-refractivity contribution is 5.71. The lowest BCUT2D eigenvalue weighted by atomic mass is 9.82. The van der Waals surface area contributed by atoms with Crippen LogP contribution in [-0.2, 0) is 11.2 Å². The Balaban J connectivity index is 2.24. The summed E-state index contributed by atoms with van der Waals surface area (Å²) in [7, 11) is 0. The Bertz CT molecular complexity index is 530. The minimum atomic E-state index is -1.08. The first kappa shape index (κ1) is 13.6. The van der Waals surface area contributed by atoms with Crippen molar-refractivity contribution < 1.29 is 9.90 Å². The average molecular weight is 265 g/mol. The number of aliphatic carboxylic acids is 1. The Hall–Kier alpha value is -1.85.